The van der Waals surface area contributed by atoms with Crippen molar-refractivity contribution in [1.82, 2.24) is 10.1 Å². The second-order valence-electron chi connectivity index (χ2n) is 6.67. The van der Waals surface area contributed by atoms with Crippen LogP contribution in [-0.2, 0) is 6.54 Å². The highest BCUT2D eigenvalue weighted by Gasteiger charge is 2.13. The normalized spacial score (nSPS) is 11.0. The fourth-order valence-corrected chi connectivity index (χ4v) is 3.49. The molecule has 0 aliphatic heterocycles. The van der Waals surface area contributed by atoms with Crippen LogP contribution in [0.15, 0.2) is 57.8 Å². The van der Waals surface area contributed by atoms with E-state index < -0.39 is 0 Å². The summed E-state index contributed by atoms with van der Waals surface area (Å²) >= 11 is 0. The van der Waals surface area contributed by atoms with E-state index in [0.29, 0.717) is 6.54 Å². The number of anilines is 1. The molecule has 0 saturated heterocycles. The van der Waals surface area contributed by atoms with Gasteiger partial charge in [0.15, 0.2) is 0 Å². The molecule has 2 aromatic heterocycles. The van der Waals surface area contributed by atoms with Gasteiger partial charge >= 0.3 is 0 Å². The number of aromatic amines is 1. The van der Waals surface area contributed by atoms with E-state index in [2.05, 4.69) is 15.5 Å². The first-order valence-corrected chi connectivity index (χ1v) is 9.03. The number of rotatable bonds is 5. The van der Waals surface area contributed by atoms with E-state index in [9.17, 15) is 4.79 Å². The van der Waals surface area contributed by atoms with E-state index in [1.807, 2.05) is 56.3 Å². The van der Waals surface area contributed by atoms with Crippen LogP contribution in [-0.4, -0.2) is 17.3 Å². The maximum atomic E-state index is 12.1. The van der Waals surface area contributed by atoms with Gasteiger partial charge in [-0.25, -0.2) is 0 Å². The monoisotopic (exact) mass is 375 g/mol. The third-order valence-electron chi connectivity index (χ3n) is 4.83. The molecular weight excluding hydrogens is 354 g/mol. The zero-order valence-electron chi connectivity index (χ0n) is 16.0. The Bertz CT molecular complexity index is 1190. The van der Waals surface area contributed by atoms with Crippen molar-refractivity contribution < 1.29 is 9.26 Å². The number of methoxy groups -OCH3 is 1. The molecule has 28 heavy (non-hydrogen) atoms. The second kappa shape index (κ2) is 7.23. The number of fused-ring (bicyclic) bond motifs is 1. The van der Waals surface area contributed by atoms with E-state index in [4.69, 9.17) is 9.26 Å². The topological polar surface area (TPSA) is 80.1 Å². The Kier molecular flexibility index (Phi) is 4.61. The van der Waals surface area contributed by atoms with Crippen molar-refractivity contribution in [2.75, 3.05) is 12.4 Å². The van der Waals surface area contributed by atoms with Gasteiger partial charge in [0.05, 0.1) is 18.3 Å². The lowest BCUT2D eigenvalue weighted by Crippen LogP contribution is -2.09. The molecule has 4 aromatic rings. The first-order valence-electron chi connectivity index (χ1n) is 9.03. The van der Waals surface area contributed by atoms with Crippen molar-refractivity contribution in [3.8, 4) is 16.9 Å². The van der Waals surface area contributed by atoms with Gasteiger partial charge in [-0.3, -0.25) is 4.79 Å². The number of nitrogens with one attached hydrogen (secondary N) is 2. The average Bonchev–Trinajstić information content (AvgIpc) is 3.04. The van der Waals surface area contributed by atoms with Gasteiger partial charge in [0.1, 0.15) is 11.5 Å². The standard InChI is InChI=1S/C22H21N3O3/c1-13-22(14(2)28-25-13)15-8-9-18-17(10-15)19(11-21(26)24-18)23-12-16-6-4-5-7-20(16)27-3/h4-11H,12H2,1-3H3,(H2,23,24,26). The molecule has 0 bridgehead atoms. The van der Waals surface area contributed by atoms with Gasteiger partial charge in [-0.2, -0.15) is 0 Å². The average molecular weight is 375 g/mol. The number of hydrogen-bond acceptors (Lipinski definition) is 5. The summed E-state index contributed by atoms with van der Waals surface area (Å²) in [7, 11) is 1.65. The van der Waals surface area contributed by atoms with Gasteiger partial charge in [-0.1, -0.05) is 29.4 Å². The molecule has 0 aliphatic rings. The summed E-state index contributed by atoms with van der Waals surface area (Å²) in [6, 6.07) is 15.3. The summed E-state index contributed by atoms with van der Waals surface area (Å²) in [6.07, 6.45) is 0. The molecule has 2 heterocycles. The van der Waals surface area contributed by atoms with Crippen molar-refractivity contribution in [3.63, 3.8) is 0 Å². The van der Waals surface area contributed by atoms with Crippen LogP contribution in [0.2, 0.25) is 0 Å². The zero-order valence-corrected chi connectivity index (χ0v) is 16.0. The van der Waals surface area contributed by atoms with Crippen LogP contribution in [0.4, 0.5) is 5.69 Å². The molecule has 142 valence electrons. The maximum Gasteiger partial charge on any atom is 0.250 e. The summed E-state index contributed by atoms with van der Waals surface area (Å²) in [5, 5.41) is 8.35. The summed E-state index contributed by atoms with van der Waals surface area (Å²) in [5.41, 5.74) is 5.20. The third kappa shape index (κ3) is 3.24. The van der Waals surface area contributed by atoms with E-state index in [1.165, 1.54) is 0 Å². The van der Waals surface area contributed by atoms with E-state index in [-0.39, 0.29) is 5.56 Å². The van der Waals surface area contributed by atoms with Crippen LogP contribution < -0.4 is 15.6 Å². The molecule has 2 aromatic carbocycles. The highest BCUT2D eigenvalue weighted by molar-refractivity contribution is 5.94. The number of nitrogens with zero attached hydrogens (tertiary/aromatic N) is 1. The second-order valence-corrected chi connectivity index (χ2v) is 6.67. The zero-order chi connectivity index (χ0) is 19.7. The minimum atomic E-state index is -0.153. The van der Waals surface area contributed by atoms with Crippen molar-refractivity contribution >= 4 is 16.6 Å². The number of pyridine rings is 1. The quantitative estimate of drug-likeness (QED) is 0.540. The van der Waals surface area contributed by atoms with Crippen molar-refractivity contribution in [1.29, 1.82) is 0 Å². The Morgan fingerprint density at radius 1 is 1.14 bits per heavy atom. The Morgan fingerprint density at radius 3 is 2.71 bits per heavy atom. The van der Waals surface area contributed by atoms with Gasteiger partial charge in [0.2, 0.25) is 5.56 Å². The summed E-state index contributed by atoms with van der Waals surface area (Å²) < 4.78 is 10.7. The number of ether oxygens (including phenoxy) is 1. The van der Waals surface area contributed by atoms with E-state index in [0.717, 1.165) is 50.5 Å². The molecule has 0 saturated carbocycles. The third-order valence-corrected chi connectivity index (χ3v) is 4.83. The van der Waals surface area contributed by atoms with Gasteiger partial charge in [0.25, 0.3) is 0 Å². The highest BCUT2D eigenvalue weighted by atomic mass is 16.5. The first kappa shape index (κ1) is 17.9. The number of aryl methyl sites for hydroxylation is 2. The Labute approximate surface area is 162 Å². The van der Waals surface area contributed by atoms with Crippen LogP contribution in [0.1, 0.15) is 17.0 Å². The summed E-state index contributed by atoms with van der Waals surface area (Å²) in [4.78, 5) is 15.0. The highest BCUT2D eigenvalue weighted by Crippen LogP contribution is 2.31. The first-order chi connectivity index (χ1) is 13.6. The molecule has 0 unspecified atom stereocenters. The van der Waals surface area contributed by atoms with Crippen molar-refractivity contribution in [3.05, 3.63) is 75.9 Å². The maximum absolute atomic E-state index is 12.1. The predicted molar refractivity (Wildman–Crippen MR) is 110 cm³/mol. The predicted octanol–water partition coefficient (Wildman–Crippen LogP) is 4.42. The number of benzene rings is 2. The van der Waals surface area contributed by atoms with Gasteiger partial charge in [0, 0.05) is 34.8 Å². The van der Waals surface area contributed by atoms with Crippen molar-refractivity contribution in [2.24, 2.45) is 0 Å². The molecule has 0 fully saturated rings. The van der Waals surface area contributed by atoms with Gasteiger partial charge in [-0.05, 0) is 37.6 Å². The lowest BCUT2D eigenvalue weighted by atomic mass is 10.0. The molecule has 0 spiro atoms. The van der Waals surface area contributed by atoms with Crippen LogP contribution in [0.25, 0.3) is 22.0 Å². The minimum absolute atomic E-state index is 0.153. The molecule has 0 amide bonds. The molecule has 6 nitrogen and oxygen atoms in total. The molecule has 0 atom stereocenters. The Morgan fingerprint density at radius 2 is 1.96 bits per heavy atom. The Balaban J connectivity index is 1.77. The molecular formula is C22H21N3O3. The van der Waals surface area contributed by atoms with Gasteiger partial charge in [-0.15, -0.1) is 0 Å². The van der Waals surface area contributed by atoms with Crippen molar-refractivity contribution in [2.45, 2.75) is 20.4 Å². The van der Waals surface area contributed by atoms with Crippen LogP contribution in [0.3, 0.4) is 0 Å². The molecule has 4 rings (SSSR count). The van der Waals surface area contributed by atoms with Gasteiger partial charge < -0.3 is 19.6 Å². The molecule has 2 N–H and O–H groups in total. The number of hydrogen-bond donors (Lipinski definition) is 2. The lowest BCUT2D eigenvalue weighted by molar-refractivity contribution is 0.393. The largest absolute Gasteiger partial charge is 0.496 e. The van der Waals surface area contributed by atoms with Crippen LogP contribution >= 0.6 is 0 Å². The summed E-state index contributed by atoms with van der Waals surface area (Å²) in [6.45, 7) is 4.36. The van der Waals surface area contributed by atoms with E-state index in [1.54, 1.807) is 13.2 Å². The molecule has 0 aliphatic carbocycles. The van der Waals surface area contributed by atoms with Crippen LogP contribution in [0, 0.1) is 13.8 Å². The molecule has 0 radical (unpaired) electrons. The Hall–Kier alpha value is -3.54. The van der Waals surface area contributed by atoms with Crippen LogP contribution in [0.5, 0.6) is 5.75 Å². The SMILES string of the molecule is COc1ccccc1CNc1cc(=O)[nH]c2ccc(-c3c(C)noc3C)cc12. The minimum Gasteiger partial charge on any atom is -0.496 e. The lowest BCUT2D eigenvalue weighted by Gasteiger charge is -2.13. The fraction of sp³-hybridized carbons (Fsp3) is 0.182. The van der Waals surface area contributed by atoms with E-state index >= 15 is 0 Å². The number of para-hydroxylation sites is 1. The molecule has 6 heteroatoms. The summed E-state index contributed by atoms with van der Waals surface area (Å²) in [5.74, 6) is 1.57. The fourth-order valence-electron chi connectivity index (χ4n) is 3.49. The number of aromatic nitrogens is 2. The number of H-pyrrole nitrogens is 1. The smallest absolute Gasteiger partial charge is 0.250 e.